The second-order valence-corrected chi connectivity index (χ2v) is 4.08. The maximum Gasteiger partial charge on any atom is 0.336 e. The third-order valence-electron chi connectivity index (χ3n) is 3.04. The Morgan fingerprint density at radius 3 is 2.82 bits per heavy atom. The quantitative estimate of drug-likeness (QED) is 0.810. The number of carbonyl (C=O) groups is 1. The molecule has 17 heavy (non-hydrogen) atoms. The van der Waals surface area contributed by atoms with E-state index in [-0.39, 0.29) is 0 Å². The summed E-state index contributed by atoms with van der Waals surface area (Å²) in [6.07, 6.45) is 3.70. The number of carboxylic acids is 1. The molecule has 1 aliphatic rings. The standard InChI is InChI=1S/C14H11NO2/c16-14(17)13-8-11-5-3-7-15(11)9-10-4-1-2-6-12(10)13/h1-8H,9H2,(H,16,17). The van der Waals surface area contributed by atoms with E-state index in [1.54, 1.807) is 6.08 Å². The van der Waals surface area contributed by atoms with Crippen molar-refractivity contribution < 1.29 is 9.90 Å². The molecule has 1 aliphatic heterocycles. The molecule has 84 valence electrons. The Morgan fingerprint density at radius 1 is 1.18 bits per heavy atom. The fraction of sp³-hybridized carbons (Fsp3) is 0.0714. The first-order valence-corrected chi connectivity index (χ1v) is 5.44. The second-order valence-electron chi connectivity index (χ2n) is 4.08. The Hall–Kier alpha value is -2.29. The van der Waals surface area contributed by atoms with Gasteiger partial charge in [-0.3, -0.25) is 0 Å². The van der Waals surface area contributed by atoms with Crippen LogP contribution >= 0.6 is 0 Å². The number of fused-ring (bicyclic) bond motifs is 2. The van der Waals surface area contributed by atoms with Gasteiger partial charge in [0.2, 0.25) is 0 Å². The molecule has 1 aromatic heterocycles. The fourth-order valence-corrected chi connectivity index (χ4v) is 2.21. The van der Waals surface area contributed by atoms with Crippen LogP contribution in [0.4, 0.5) is 0 Å². The molecule has 1 N–H and O–H groups in total. The van der Waals surface area contributed by atoms with Gasteiger partial charge in [0, 0.05) is 18.4 Å². The highest BCUT2D eigenvalue weighted by molar-refractivity contribution is 6.21. The van der Waals surface area contributed by atoms with E-state index in [0.717, 1.165) is 16.8 Å². The molecule has 0 saturated heterocycles. The summed E-state index contributed by atoms with van der Waals surface area (Å²) in [6.45, 7) is 0.714. The lowest BCUT2D eigenvalue weighted by Gasteiger charge is -2.07. The Kier molecular flexibility index (Phi) is 2.11. The van der Waals surface area contributed by atoms with Crippen molar-refractivity contribution in [2.24, 2.45) is 0 Å². The van der Waals surface area contributed by atoms with Crippen LogP contribution in [0.5, 0.6) is 0 Å². The lowest BCUT2D eigenvalue weighted by molar-refractivity contribution is -0.130. The lowest BCUT2D eigenvalue weighted by atomic mass is 10.00. The number of hydrogen-bond donors (Lipinski definition) is 1. The largest absolute Gasteiger partial charge is 0.478 e. The number of benzene rings is 1. The highest BCUT2D eigenvalue weighted by Gasteiger charge is 2.18. The maximum absolute atomic E-state index is 11.3. The molecule has 3 nitrogen and oxygen atoms in total. The van der Waals surface area contributed by atoms with E-state index < -0.39 is 5.97 Å². The Morgan fingerprint density at radius 2 is 2.00 bits per heavy atom. The summed E-state index contributed by atoms with van der Waals surface area (Å²) in [7, 11) is 0. The van der Waals surface area contributed by atoms with Gasteiger partial charge in [-0.25, -0.2) is 4.79 Å². The molecule has 3 heteroatoms. The van der Waals surface area contributed by atoms with Gasteiger partial charge in [0.15, 0.2) is 0 Å². The zero-order valence-electron chi connectivity index (χ0n) is 9.13. The van der Waals surface area contributed by atoms with Crippen molar-refractivity contribution in [1.29, 1.82) is 0 Å². The van der Waals surface area contributed by atoms with E-state index in [4.69, 9.17) is 0 Å². The molecule has 2 aromatic rings. The van der Waals surface area contributed by atoms with Crippen molar-refractivity contribution in [3.63, 3.8) is 0 Å². The maximum atomic E-state index is 11.3. The summed E-state index contributed by atoms with van der Waals surface area (Å²) in [6, 6.07) is 11.5. The third-order valence-corrected chi connectivity index (χ3v) is 3.04. The second kappa shape index (κ2) is 3.63. The van der Waals surface area contributed by atoms with Gasteiger partial charge < -0.3 is 9.67 Å². The number of carboxylic acid groups (broad SMARTS) is 1. The van der Waals surface area contributed by atoms with Gasteiger partial charge in [-0.05, 0) is 29.3 Å². The first kappa shape index (κ1) is 9.90. The molecule has 0 saturated carbocycles. The van der Waals surface area contributed by atoms with Gasteiger partial charge in [0.05, 0.1) is 5.57 Å². The molecule has 0 aliphatic carbocycles. The molecule has 2 heterocycles. The molecule has 0 unspecified atom stereocenters. The van der Waals surface area contributed by atoms with Gasteiger partial charge in [-0.1, -0.05) is 24.3 Å². The first-order valence-electron chi connectivity index (χ1n) is 5.44. The third kappa shape index (κ3) is 1.56. The summed E-state index contributed by atoms with van der Waals surface area (Å²) in [4.78, 5) is 11.3. The van der Waals surface area contributed by atoms with Gasteiger partial charge in [-0.2, -0.15) is 0 Å². The van der Waals surface area contributed by atoms with Crippen LogP contribution < -0.4 is 0 Å². The Labute approximate surface area is 98.6 Å². The van der Waals surface area contributed by atoms with E-state index >= 15 is 0 Å². The summed E-state index contributed by atoms with van der Waals surface area (Å²) in [5, 5.41) is 9.30. The first-order chi connectivity index (χ1) is 8.25. The van der Waals surface area contributed by atoms with Gasteiger partial charge in [0.25, 0.3) is 0 Å². The van der Waals surface area contributed by atoms with Gasteiger partial charge in [0.1, 0.15) is 0 Å². The molecule has 0 amide bonds. The highest BCUT2D eigenvalue weighted by Crippen LogP contribution is 2.27. The van der Waals surface area contributed by atoms with Crippen LogP contribution in [0.15, 0.2) is 42.6 Å². The number of aromatic nitrogens is 1. The number of hydrogen-bond acceptors (Lipinski definition) is 1. The zero-order chi connectivity index (χ0) is 11.8. The van der Waals surface area contributed by atoms with Gasteiger partial charge in [-0.15, -0.1) is 0 Å². The van der Waals surface area contributed by atoms with Crippen molar-refractivity contribution in [3.8, 4) is 0 Å². The minimum Gasteiger partial charge on any atom is -0.478 e. The van der Waals surface area contributed by atoms with Crippen molar-refractivity contribution >= 4 is 17.6 Å². The SMILES string of the molecule is O=C(O)C1=Cc2cccn2Cc2ccccc21. The molecule has 0 fully saturated rings. The summed E-state index contributed by atoms with van der Waals surface area (Å²) < 4.78 is 2.05. The number of aliphatic carboxylic acids is 1. The van der Waals surface area contributed by atoms with Crippen LogP contribution in [0, 0.1) is 0 Å². The molecule has 0 radical (unpaired) electrons. The zero-order valence-corrected chi connectivity index (χ0v) is 9.13. The van der Waals surface area contributed by atoms with Crippen LogP contribution in [0.3, 0.4) is 0 Å². The molecular formula is C14H11NO2. The molecule has 3 rings (SSSR count). The average Bonchev–Trinajstić information content (AvgIpc) is 2.68. The van der Waals surface area contributed by atoms with Crippen molar-refractivity contribution in [1.82, 2.24) is 4.57 Å². The van der Waals surface area contributed by atoms with Crippen LogP contribution in [0.2, 0.25) is 0 Å². The van der Waals surface area contributed by atoms with E-state index in [9.17, 15) is 9.90 Å². The van der Waals surface area contributed by atoms with Crippen molar-refractivity contribution in [3.05, 3.63) is 59.4 Å². The minimum atomic E-state index is -0.882. The Bertz CT molecular complexity index is 623. The predicted molar refractivity (Wildman–Crippen MR) is 65.5 cm³/mol. The minimum absolute atomic E-state index is 0.359. The monoisotopic (exact) mass is 225 g/mol. The summed E-state index contributed by atoms with van der Waals surface area (Å²) in [5.41, 5.74) is 3.14. The molecule has 0 spiro atoms. The summed E-state index contributed by atoms with van der Waals surface area (Å²) >= 11 is 0. The predicted octanol–water partition coefficient (Wildman–Crippen LogP) is 2.48. The van der Waals surface area contributed by atoms with Crippen LogP contribution in [0.1, 0.15) is 16.8 Å². The number of rotatable bonds is 1. The van der Waals surface area contributed by atoms with Crippen LogP contribution in [0.25, 0.3) is 11.6 Å². The van der Waals surface area contributed by atoms with Gasteiger partial charge >= 0.3 is 5.97 Å². The fourth-order valence-electron chi connectivity index (χ4n) is 2.21. The molecular weight excluding hydrogens is 214 g/mol. The molecule has 0 atom stereocenters. The smallest absolute Gasteiger partial charge is 0.336 e. The normalized spacial score (nSPS) is 13.3. The highest BCUT2D eigenvalue weighted by atomic mass is 16.4. The number of nitrogens with zero attached hydrogens (tertiary/aromatic N) is 1. The molecule has 1 aromatic carbocycles. The lowest BCUT2D eigenvalue weighted by Crippen LogP contribution is -2.02. The van der Waals surface area contributed by atoms with E-state index in [1.165, 1.54) is 0 Å². The van der Waals surface area contributed by atoms with E-state index in [0.29, 0.717) is 12.1 Å². The van der Waals surface area contributed by atoms with Crippen molar-refractivity contribution in [2.75, 3.05) is 0 Å². The summed E-state index contributed by atoms with van der Waals surface area (Å²) in [5.74, 6) is -0.882. The van der Waals surface area contributed by atoms with Crippen molar-refractivity contribution in [2.45, 2.75) is 6.54 Å². The van der Waals surface area contributed by atoms with Crippen LogP contribution in [-0.2, 0) is 11.3 Å². The van der Waals surface area contributed by atoms with E-state index in [2.05, 4.69) is 4.57 Å². The van der Waals surface area contributed by atoms with E-state index in [1.807, 2.05) is 42.6 Å². The topological polar surface area (TPSA) is 42.2 Å². The average molecular weight is 225 g/mol. The Balaban J connectivity index is 2.28. The van der Waals surface area contributed by atoms with Crippen LogP contribution in [-0.4, -0.2) is 15.6 Å². The molecule has 0 bridgehead atoms.